The summed E-state index contributed by atoms with van der Waals surface area (Å²) in [6, 6.07) is 5.13. The van der Waals surface area contributed by atoms with Crippen molar-refractivity contribution in [2.45, 2.75) is 44.7 Å². The largest absolute Gasteiger partial charge is 0.490 e. The van der Waals surface area contributed by atoms with Gasteiger partial charge in [-0.05, 0) is 42.9 Å². The third-order valence-corrected chi connectivity index (χ3v) is 3.95. The van der Waals surface area contributed by atoms with Crippen LogP contribution in [0.2, 0.25) is 0 Å². The van der Waals surface area contributed by atoms with Crippen molar-refractivity contribution >= 4 is 0 Å². The summed E-state index contributed by atoms with van der Waals surface area (Å²) in [7, 11) is 1.72. The van der Waals surface area contributed by atoms with Gasteiger partial charge >= 0.3 is 0 Å². The zero-order valence-corrected chi connectivity index (χ0v) is 12.8. The Morgan fingerprint density at radius 3 is 3.00 bits per heavy atom. The smallest absolute Gasteiger partial charge is 0.164 e. The monoisotopic (exact) mass is 291 g/mol. The molecule has 3 rings (SSSR count). The molecule has 0 unspecified atom stereocenters. The Labute approximate surface area is 126 Å². The fraction of sp³-hybridized carbons (Fsp3) is 0.647. The predicted octanol–water partition coefficient (Wildman–Crippen LogP) is 2.68. The molecule has 1 aromatic rings. The number of rotatable bonds is 8. The molecule has 21 heavy (non-hydrogen) atoms. The van der Waals surface area contributed by atoms with Crippen LogP contribution in [0.1, 0.15) is 36.8 Å². The minimum Gasteiger partial charge on any atom is -0.490 e. The summed E-state index contributed by atoms with van der Waals surface area (Å²) in [5, 5.41) is 3.57. The topological polar surface area (TPSA) is 39.7 Å². The molecule has 1 N–H and O–H groups in total. The number of methoxy groups -OCH3 is 1. The highest BCUT2D eigenvalue weighted by atomic mass is 16.5. The first kappa shape index (κ1) is 14.7. The lowest BCUT2D eigenvalue weighted by Crippen LogP contribution is -2.17. The maximum absolute atomic E-state index is 5.94. The van der Waals surface area contributed by atoms with Gasteiger partial charge in [0.2, 0.25) is 0 Å². The molecule has 1 aromatic carbocycles. The summed E-state index contributed by atoms with van der Waals surface area (Å²) in [4.78, 5) is 0. The molecule has 0 amide bonds. The van der Waals surface area contributed by atoms with E-state index >= 15 is 0 Å². The van der Waals surface area contributed by atoms with E-state index in [1.807, 2.05) is 0 Å². The van der Waals surface area contributed by atoms with Gasteiger partial charge in [-0.1, -0.05) is 6.07 Å². The maximum Gasteiger partial charge on any atom is 0.164 e. The first-order valence-electron chi connectivity index (χ1n) is 8.00. The summed E-state index contributed by atoms with van der Waals surface area (Å²) in [6.45, 7) is 3.11. The standard InChI is InChI=1S/C17H25NO3/c1-19-7-3-9-20-16-11-13(12-18-15-5-6-15)10-14-4-2-8-21-17(14)16/h10-11,15,18H,2-9,12H2,1H3. The average molecular weight is 291 g/mol. The third-order valence-electron chi connectivity index (χ3n) is 3.95. The zero-order chi connectivity index (χ0) is 14.5. The van der Waals surface area contributed by atoms with Crippen LogP contribution in [-0.2, 0) is 17.7 Å². The van der Waals surface area contributed by atoms with E-state index in [0.29, 0.717) is 6.61 Å². The Bertz CT molecular complexity index is 471. The molecule has 0 aromatic heterocycles. The fourth-order valence-electron chi connectivity index (χ4n) is 2.65. The van der Waals surface area contributed by atoms with Gasteiger partial charge in [-0.3, -0.25) is 0 Å². The Hall–Kier alpha value is -1.26. The average Bonchev–Trinajstić information content (AvgIpc) is 3.34. The number of aryl methyl sites for hydroxylation is 1. The van der Waals surface area contributed by atoms with E-state index in [4.69, 9.17) is 14.2 Å². The van der Waals surface area contributed by atoms with Gasteiger partial charge in [0.25, 0.3) is 0 Å². The van der Waals surface area contributed by atoms with E-state index in [2.05, 4.69) is 17.4 Å². The van der Waals surface area contributed by atoms with Crippen molar-refractivity contribution in [2.75, 3.05) is 26.9 Å². The summed E-state index contributed by atoms with van der Waals surface area (Å²) in [5.74, 6) is 1.85. The van der Waals surface area contributed by atoms with Crippen LogP contribution in [0.4, 0.5) is 0 Å². The summed E-state index contributed by atoms with van der Waals surface area (Å²) in [6.07, 6.45) is 5.70. The number of fused-ring (bicyclic) bond motifs is 1. The molecule has 1 aliphatic carbocycles. The Morgan fingerprint density at radius 1 is 1.29 bits per heavy atom. The molecular weight excluding hydrogens is 266 g/mol. The van der Waals surface area contributed by atoms with Gasteiger partial charge in [0.05, 0.1) is 13.2 Å². The molecular formula is C17H25NO3. The molecule has 1 heterocycles. The molecule has 1 fully saturated rings. The minimum atomic E-state index is 0.670. The van der Waals surface area contributed by atoms with Crippen LogP contribution in [0.15, 0.2) is 12.1 Å². The molecule has 0 spiro atoms. The molecule has 2 aliphatic rings. The zero-order valence-electron chi connectivity index (χ0n) is 12.8. The first-order valence-corrected chi connectivity index (χ1v) is 8.00. The van der Waals surface area contributed by atoms with Crippen LogP contribution >= 0.6 is 0 Å². The van der Waals surface area contributed by atoms with Gasteiger partial charge in [-0.2, -0.15) is 0 Å². The number of ether oxygens (including phenoxy) is 3. The van der Waals surface area contributed by atoms with E-state index in [1.54, 1.807) is 7.11 Å². The SMILES string of the molecule is COCCCOc1cc(CNC2CC2)cc2c1OCCC2. The van der Waals surface area contributed by atoms with E-state index in [9.17, 15) is 0 Å². The number of nitrogens with one attached hydrogen (secondary N) is 1. The highest BCUT2D eigenvalue weighted by Gasteiger charge is 2.21. The van der Waals surface area contributed by atoms with Gasteiger partial charge < -0.3 is 19.5 Å². The highest BCUT2D eigenvalue weighted by molar-refractivity contribution is 5.50. The van der Waals surface area contributed by atoms with Gasteiger partial charge in [0.1, 0.15) is 0 Å². The minimum absolute atomic E-state index is 0.670. The van der Waals surface area contributed by atoms with Crippen molar-refractivity contribution in [3.63, 3.8) is 0 Å². The number of hydrogen-bond donors (Lipinski definition) is 1. The molecule has 0 bridgehead atoms. The molecule has 1 saturated carbocycles. The lowest BCUT2D eigenvalue weighted by molar-refractivity contribution is 0.169. The highest BCUT2D eigenvalue weighted by Crippen LogP contribution is 2.36. The maximum atomic E-state index is 5.94. The van der Waals surface area contributed by atoms with E-state index in [1.165, 1.54) is 24.0 Å². The van der Waals surface area contributed by atoms with Crippen molar-refractivity contribution in [3.05, 3.63) is 23.3 Å². The van der Waals surface area contributed by atoms with Crippen LogP contribution in [0.5, 0.6) is 11.5 Å². The Balaban J connectivity index is 1.69. The van der Waals surface area contributed by atoms with Crippen molar-refractivity contribution in [2.24, 2.45) is 0 Å². The first-order chi connectivity index (χ1) is 10.4. The van der Waals surface area contributed by atoms with Gasteiger partial charge in [0, 0.05) is 32.7 Å². The molecule has 0 atom stereocenters. The fourth-order valence-corrected chi connectivity index (χ4v) is 2.65. The second-order valence-corrected chi connectivity index (χ2v) is 5.88. The quantitative estimate of drug-likeness (QED) is 0.748. The second-order valence-electron chi connectivity index (χ2n) is 5.88. The van der Waals surface area contributed by atoms with Gasteiger partial charge in [-0.25, -0.2) is 0 Å². The van der Waals surface area contributed by atoms with Crippen LogP contribution in [0.25, 0.3) is 0 Å². The molecule has 116 valence electrons. The van der Waals surface area contributed by atoms with E-state index < -0.39 is 0 Å². The summed E-state index contributed by atoms with van der Waals surface area (Å²) >= 11 is 0. The van der Waals surface area contributed by atoms with Crippen LogP contribution in [0, 0.1) is 0 Å². The lowest BCUT2D eigenvalue weighted by Gasteiger charge is -2.22. The van der Waals surface area contributed by atoms with Crippen LogP contribution in [0.3, 0.4) is 0 Å². The van der Waals surface area contributed by atoms with Gasteiger partial charge in [-0.15, -0.1) is 0 Å². The van der Waals surface area contributed by atoms with E-state index in [0.717, 1.165) is 56.6 Å². The Kier molecular flexibility index (Phi) is 4.99. The predicted molar refractivity (Wildman–Crippen MR) is 82.1 cm³/mol. The normalized spacial score (nSPS) is 17.2. The molecule has 4 nitrogen and oxygen atoms in total. The third kappa shape index (κ3) is 4.11. The van der Waals surface area contributed by atoms with Crippen LogP contribution in [-0.4, -0.2) is 33.0 Å². The number of hydrogen-bond acceptors (Lipinski definition) is 4. The summed E-state index contributed by atoms with van der Waals surface area (Å²) < 4.78 is 16.8. The van der Waals surface area contributed by atoms with Crippen molar-refractivity contribution in [1.29, 1.82) is 0 Å². The summed E-state index contributed by atoms with van der Waals surface area (Å²) in [5.41, 5.74) is 2.59. The van der Waals surface area contributed by atoms with Crippen molar-refractivity contribution < 1.29 is 14.2 Å². The number of benzene rings is 1. The van der Waals surface area contributed by atoms with Crippen LogP contribution < -0.4 is 14.8 Å². The second kappa shape index (κ2) is 7.14. The van der Waals surface area contributed by atoms with Gasteiger partial charge in [0.15, 0.2) is 11.5 Å². The Morgan fingerprint density at radius 2 is 2.19 bits per heavy atom. The van der Waals surface area contributed by atoms with E-state index in [-0.39, 0.29) is 0 Å². The van der Waals surface area contributed by atoms with Crippen molar-refractivity contribution in [3.8, 4) is 11.5 Å². The van der Waals surface area contributed by atoms with Crippen molar-refractivity contribution in [1.82, 2.24) is 5.32 Å². The lowest BCUT2D eigenvalue weighted by atomic mass is 10.0. The molecule has 0 saturated heterocycles. The molecule has 1 aliphatic heterocycles. The molecule has 4 heteroatoms. The molecule has 0 radical (unpaired) electrons.